The first-order chi connectivity index (χ1) is 10.0. The summed E-state index contributed by atoms with van der Waals surface area (Å²) in [4.78, 5) is 0. The van der Waals surface area contributed by atoms with Crippen LogP contribution in [0.1, 0.15) is 37.8 Å². The van der Waals surface area contributed by atoms with Crippen molar-refractivity contribution >= 4 is 11.6 Å². The molecule has 112 valence electrons. The Hall–Kier alpha value is -1.64. The van der Waals surface area contributed by atoms with Crippen LogP contribution in [0, 0.1) is 5.92 Å². The zero-order chi connectivity index (χ0) is 15.5. The third-order valence-corrected chi connectivity index (χ3v) is 4.37. The number of rotatable bonds is 4. The van der Waals surface area contributed by atoms with E-state index >= 15 is 0 Å². The summed E-state index contributed by atoms with van der Waals surface area (Å²) < 4.78 is 0. The summed E-state index contributed by atoms with van der Waals surface area (Å²) in [6.07, 6.45) is 8.32. The predicted octanol–water partition coefficient (Wildman–Crippen LogP) is 3.75. The summed E-state index contributed by atoms with van der Waals surface area (Å²) in [6.45, 7) is 8.69. The zero-order valence-electron chi connectivity index (χ0n) is 13.1. The molecule has 0 spiro atoms. The molecule has 0 saturated heterocycles. The molecular formula is C19H26N2. The van der Waals surface area contributed by atoms with Crippen LogP contribution in [0.4, 0.5) is 0 Å². The fraction of sp³-hybridized carbons (Fsp3) is 0.368. The Balaban J connectivity index is 2.45. The van der Waals surface area contributed by atoms with Gasteiger partial charge in [0.25, 0.3) is 0 Å². The van der Waals surface area contributed by atoms with Crippen LogP contribution >= 0.6 is 0 Å². The van der Waals surface area contributed by atoms with Gasteiger partial charge in [-0.15, -0.1) is 0 Å². The summed E-state index contributed by atoms with van der Waals surface area (Å²) in [5.74, 6) is 0.358. The molecule has 0 fully saturated rings. The topological polar surface area (TPSA) is 52.0 Å². The molecule has 0 bridgehead atoms. The highest BCUT2D eigenvalue weighted by Gasteiger charge is 2.36. The lowest BCUT2D eigenvalue weighted by atomic mass is 9.70. The molecule has 0 saturated carbocycles. The van der Waals surface area contributed by atoms with Crippen molar-refractivity contribution in [1.29, 1.82) is 0 Å². The van der Waals surface area contributed by atoms with Gasteiger partial charge in [-0.2, -0.15) is 0 Å². The van der Waals surface area contributed by atoms with Crippen molar-refractivity contribution < 1.29 is 0 Å². The van der Waals surface area contributed by atoms with E-state index in [1.54, 1.807) is 0 Å². The van der Waals surface area contributed by atoms with Crippen LogP contribution in [0.2, 0.25) is 0 Å². The standard InChI is InChI=1S/C19H26N2/c1-4-6-17-16(13-20)11-12-18(19(17,3)21)15-9-7-14(5-2)8-10-15/h5-10,12,16H,2,4,11,13,20-21H2,1,3H3/b17-6+. The Morgan fingerprint density at radius 2 is 2.00 bits per heavy atom. The van der Waals surface area contributed by atoms with E-state index in [1.807, 2.05) is 6.08 Å². The lowest BCUT2D eigenvalue weighted by Crippen LogP contribution is -2.45. The Bertz CT molecular complexity index is 562. The van der Waals surface area contributed by atoms with Gasteiger partial charge >= 0.3 is 0 Å². The van der Waals surface area contributed by atoms with Crippen LogP contribution < -0.4 is 11.5 Å². The minimum absolute atomic E-state index is 0.358. The smallest absolute Gasteiger partial charge is 0.0602 e. The van der Waals surface area contributed by atoms with E-state index < -0.39 is 5.54 Å². The van der Waals surface area contributed by atoms with Crippen molar-refractivity contribution in [2.45, 2.75) is 32.2 Å². The van der Waals surface area contributed by atoms with E-state index in [2.05, 4.69) is 56.8 Å². The van der Waals surface area contributed by atoms with Gasteiger partial charge in [0.15, 0.2) is 0 Å². The second-order valence-electron chi connectivity index (χ2n) is 5.88. The minimum Gasteiger partial charge on any atom is -0.330 e. The largest absolute Gasteiger partial charge is 0.330 e. The highest BCUT2D eigenvalue weighted by Crippen LogP contribution is 2.40. The Morgan fingerprint density at radius 1 is 1.33 bits per heavy atom. The maximum absolute atomic E-state index is 6.71. The van der Waals surface area contributed by atoms with Gasteiger partial charge in [-0.3, -0.25) is 0 Å². The Kier molecular flexibility index (Phi) is 4.81. The molecule has 1 aromatic rings. The first-order valence-corrected chi connectivity index (χ1v) is 7.67. The van der Waals surface area contributed by atoms with Crippen LogP contribution in [0.25, 0.3) is 11.6 Å². The second kappa shape index (κ2) is 6.42. The highest BCUT2D eigenvalue weighted by atomic mass is 14.8. The van der Waals surface area contributed by atoms with Gasteiger partial charge in [0.2, 0.25) is 0 Å². The van der Waals surface area contributed by atoms with Gasteiger partial charge in [0.1, 0.15) is 0 Å². The molecule has 2 heteroatoms. The van der Waals surface area contributed by atoms with Gasteiger partial charge in [-0.05, 0) is 54.5 Å². The normalized spacial score (nSPS) is 27.5. The van der Waals surface area contributed by atoms with Crippen molar-refractivity contribution in [3.8, 4) is 0 Å². The Labute approximate surface area is 128 Å². The highest BCUT2D eigenvalue weighted by molar-refractivity contribution is 5.78. The van der Waals surface area contributed by atoms with E-state index in [-0.39, 0.29) is 0 Å². The predicted molar refractivity (Wildman–Crippen MR) is 92.6 cm³/mol. The van der Waals surface area contributed by atoms with Crippen molar-refractivity contribution in [3.63, 3.8) is 0 Å². The van der Waals surface area contributed by atoms with Gasteiger partial charge in [0.05, 0.1) is 5.54 Å². The molecule has 4 N–H and O–H groups in total. The van der Waals surface area contributed by atoms with Gasteiger partial charge < -0.3 is 11.5 Å². The molecule has 0 amide bonds. The van der Waals surface area contributed by atoms with Crippen LogP contribution in [0.3, 0.4) is 0 Å². The van der Waals surface area contributed by atoms with Gasteiger partial charge in [0, 0.05) is 0 Å². The first-order valence-electron chi connectivity index (χ1n) is 7.67. The number of hydrogen-bond donors (Lipinski definition) is 2. The number of benzene rings is 1. The second-order valence-corrected chi connectivity index (χ2v) is 5.88. The summed E-state index contributed by atoms with van der Waals surface area (Å²) in [5, 5.41) is 0. The van der Waals surface area contributed by atoms with Crippen LogP contribution in [-0.2, 0) is 0 Å². The first kappa shape index (κ1) is 15.7. The third-order valence-electron chi connectivity index (χ3n) is 4.37. The summed E-state index contributed by atoms with van der Waals surface area (Å²) in [6, 6.07) is 8.41. The molecule has 1 aliphatic rings. The molecule has 2 rings (SSSR count). The summed E-state index contributed by atoms with van der Waals surface area (Å²) in [7, 11) is 0. The molecule has 1 aliphatic carbocycles. The fourth-order valence-corrected chi connectivity index (χ4v) is 3.22. The monoisotopic (exact) mass is 282 g/mol. The van der Waals surface area contributed by atoms with Crippen LogP contribution in [0.15, 0.2) is 48.6 Å². The molecule has 0 aliphatic heterocycles. The number of nitrogens with two attached hydrogens (primary N) is 2. The maximum atomic E-state index is 6.71. The minimum atomic E-state index is -0.450. The average molecular weight is 282 g/mol. The summed E-state index contributed by atoms with van der Waals surface area (Å²) in [5.41, 5.74) is 17.0. The van der Waals surface area contributed by atoms with Crippen molar-refractivity contribution in [2.24, 2.45) is 17.4 Å². The lowest BCUT2D eigenvalue weighted by molar-refractivity contribution is 0.516. The van der Waals surface area contributed by atoms with Gasteiger partial charge in [-0.25, -0.2) is 0 Å². The van der Waals surface area contributed by atoms with E-state index in [9.17, 15) is 0 Å². The zero-order valence-corrected chi connectivity index (χ0v) is 13.1. The van der Waals surface area contributed by atoms with Gasteiger partial charge in [-0.1, -0.05) is 56.0 Å². The molecule has 1 aromatic carbocycles. The van der Waals surface area contributed by atoms with E-state index in [0.29, 0.717) is 12.5 Å². The van der Waals surface area contributed by atoms with E-state index in [4.69, 9.17) is 11.5 Å². The van der Waals surface area contributed by atoms with Crippen molar-refractivity contribution in [1.82, 2.24) is 0 Å². The third kappa shape index (κ3) is 3.02. The van der Waals surface area contributed by atoms with Crippen LogP contribution in [-0.4, -0.2) is 12.1 Å². The number of hydrogen-bond acceptors (Lipinski definition) is 2. The fourth-order valence-electron chi connectivity index (χ4n) is 3.22. The van der Waals surface area contributed by atoms with Crippen molar-refractivity contribution in [2.75, 3.05) is 6.54 Å². The van der Waals surface area contributed by atoms with Crippen molar-refractivity contribution in [3.05, 3.63) is 59.7 Å². The Morgan fingerprint density at radius 3 is 2.52 bits per heavy atom. The summed E-state index contributed by atoms with van der Waals surface area (Å²) >= 11 is 0. The molecule has 0 heterocycles. The molecular weight excluding hydrogens is 256 g/mol. The van der Waals surface area contributed by atoms with Crippen LogP contribution in [0.5, 0.6) is 0 Å². The number of allylic oxidation sites excluding steroid dienone is 2. The molecule has 0 radical (unpaired) electrons. The molecule has 21 heavy (non-hydrogen) atoms. The average Bonchev–Trinajstić information content (AvgIpc) is 2.49. The molecule has 0 aromatic heterocycles. The quantitative estimate of drug-likeness (QED) is 0.826. The van der Waals surface area contributed by atoms with E-state index in [0.717, 1.165) is 18.4 Å². The maximum Gasteiger partial charge on any atom is 0.0602 e. The van der Waals surface area contributed by atoms with E-state index in [1.165, 1.54) is 16.7 Å². The molecule has 2 unspecified atom stereocenters. The molecule has 2 nitrogen and oxygen atoms in total. The lowest BCUT2D eigenvalue weighted by Gasteiger charge is -2.39. The molecule has 2 atom stereocenters. The SMILES string of the molecule is C=Cc1ccc(C2=CCC(CN)/C(=C\CC)C2(C)N)cc1.